The van der Waals surface area contributed by atoms with Gasteiger partial charge in [-0.15, -0.1) is 0 Å². The highest BCUT2D eigenvalue weighted by molar-refractivity contribution is 5.79. The zero-order valence-electron chi connectivity index (χ0n) is 15.4. The van der Waals surface area contributed by atoms with E-state index in [-0.39, 0.29) is 0 Å². The van der Waals surface area contributed by atoms with Crippen LogP contribution in [0.4, 0.5) is 0 Å². The number of nitrogens with zero attached hydrogens (tertiary/aromatic N) is 4. The van der Waals surface area contributed by atoms with Gasteiger partial charge in [0.15, 0.2) is 5.96 Å². The third-order valence-corrected chi connectivity index (χ3v) is 4.26. The Kier molecular flexibility index (Phi) is 9.48. The van der Waals surface area contributed by atoms with Crippen LogP contribution in [0.5, 0.6) is 0 Å². The number of hydrogen-bond acceptors (Lipinski definition) is 3. The van der Waals surface area contributed by atoms with E-state index in [2.05, 4.69) is 54.9 Å². The molecule has 1 saturated heterocycles. The summed E-state index contributed by atoms with van der Waals surface area (Å²) in [5.74, 6) is 1.66. The lowest BCUT2D eigenvalue weighted by molar-refractivity contribution is 0.140. The van der Waals surface area contributed by atoms with Crippen LogP contribution in [-0.4, -0.2) is 87.1 Å². The van der Waals surface area contributed by atoms with Crippen molar-refractivity contribution < 1.29 is 0 Å². The molecule has 0 amide bonds. The minimum atomic E-state index is 0.608. The van der Waals surface area contributed by atoms with Crippen molar-refractivity contribution in [3.05, 3.63) is 0 Å². The number of unbranched alkanes of at least 4 members (excludes halogenated alkanes) is 1. The molecule has 0 aromatic heterocycles. The van der Waals surface area contributed by atoms with Gasteiger partial charge in [-0.3, -0.25) is 4.99 Å². The average molecular weight is 312 g/mol. The Morgan fingerprint density at radius 1 is 1.23 bits per heavy atom. The van der Waals surface area contributed by atoms with Crippen molar-refractivity contribution in [2.24, 2.45) is 10.9 Å². The smallest absolute Gasteiger partial charge is 0.193 e. The molecule has 0 spiro atoms. The molecule has 1 rings (SSSR count). The molecule has 1 aliphatic rings. The second-order valence-corrected chi connectivity index (χ2v) is 6.68. The van der Waals surface area contributed by atoms with Crippen LogP contribution in [0, 0.1) is 5.92 Å². The first kappa shape index (κ1) is 19.2. The molecular formula is C17H37N5. The zero-order valence-corrected chi connectivity index (χ0v) is 15.4. The standard InChI is InChI=1S/C17H37N5/c1-6-8-9-21(5)17(18-7-2)19-14-16(3)15-22-12-10-20(4)11-13-22/h16H,6-15H2,1-5H3,(H,18,19). The predicted octanol–water partition coefficient (Wildman–Crippen LogP) is 1.57. The summed E-state index contributed by atoms with van der Waals surface area (Å²) in [6, 6.07) is 0. The molecule has 0 bridgehead atoms. The molecular weight excluding hydrogens is 274 g/mol. The van der Waals surface area contributed by atoms with Crippen molar-refractivity contribution in [2.45, 2.75) is 33.6 Å². The molecule has 22 heavy (non-hydrogen) atoms. The van der Waals surface area contributed by atoms with Crippen molar-refractivity contribution >= 4 is 5.96 Å². The first-order valence-electron chi connectivity index (χ1n) is 8.97. The lowest BCUT2D eigenvalue weighted by Gasteiger charge is -2.33. The normalized spacial score (nSPS) is 19.2. The molecule has 0 aromatic carbocycles. The first-order valence-corrected chi connectivity index (χ1v) is 8.97. The largest absolute Gasteiger partial charge is 0.357 e. The van der Waals surface area contributed by atoms with Gasteiger partial charge >= 0.3 is 0 Å². The minimum absolute atomic E-state index is 0.608. The highest BCUT2D eigenvalue weighted by Crippen LogP contribution is 2.05. The van der Waals surface area contributed by atoms with Crippen molar-refractivity contribution in [1.29, 1.82) is 0 Å². The molecule has 1 fully saturated rings. The Morgan fingerprint density at radius 2 is 1.91 bits per heavy atom. The summed E-state index contributed by atoms with van der Waals surface area (Å²) in [6.07, 6.45) is 2.45. The Bertz CT molecular complexity index is 310. The van der Waals surface area contributed by atoms with Gasteiger partial charge in [-0.1, -0.05) is 20.3 Å². The summed E-state index contributed by atoms with van der Waals surface area (Å²) in [5, 5.41) is 3.41. The fraction of sp³-hybridized carbons (Fsp3) is 0.941. The molecule has 0 aliphatic carbocycles. The van der Waals surface area contributed by atoms with Gasteiger partial charge in [0, 0.05) is 59.4 Å². The monoisotopic (exact) mass is 311 g/mol. The summed E-state index contributed by atoms with van der Waals surface area (Å²) in [6.45, 7) is 15.5. The van der Waals surface area contributed by atoms with E-state index in [9.17, 15) is 0 Å². The molecule has 0 aromatic rings. The topological polar surface area (TPSA) is 34.1 Å². The number of guanidine groups is 1. The van der Waals surface area contributed by atoms with Gasteiger partial charge in [-0.2, -0.15) is 0 Å². The zero-order chi connectivity index (χ0) is 16.4. The van der Waals surface area contributed by atoms with Crippen LogP contribution in [0.25, 0.3) is 0 Å². The molecule has 5 nitrogen and oxygen atoms in total. The van der Waals surface area contributed by atoms with Crippen LogP contribution in [0.2, 0.25) is 0 Å². The number of rotatable bonds is 8. The third-order valence-electron chi connectivity index (χ3n) is 4.26. The van der Waals surface area contributed by atoms with Crippen molar-refractivity contribution in [3.63, 3.8) is 0 Å². The third kappa shape index (κ3) is 7.45. The van der Waals surface area contributed by atoms with Crippen molar-refractivity contribution in [3.8, 4) is 0 Å². The van der Waals surface area contributed by atoms with Gasteiger partial charge in [0.25, 0.3) is 0 Å². The molecule has 1 aliphatic heterocycles. The van der Waals surface area contributed by atoms with E-state index < -0.39 is 0 Å². The van der Waals surface area contributed by atoms with Gasteiger partial charge in [0.2, 0.25) is 0 Å². The summed E-state index contributed by atoms with van der Waals surface area (Å²) in [5.41, 5.74) is 0. The van der Waals surface area contributed by atoms with Crippen LogP contribution in [0.3, 0.4) is 0 Å². The van der Waals surface area contributed by atoms with Crippen LogP contribution in [-0.2, 0) is 0 Å². The lowest BCUT2D eigenvalue weighted by atomic mass is 10.1. The van der Waals surface area contributed by atoms with Gasteiger partial charge < -0.3 is 20.0 Å². The SMILES string of the molecule is CCCCN(C)C(=NCC(C)CN1CCN(C)CC1)NCC. The van der Waals surface area contributed by atoms with Crippen LogP contribution in [0.15, 0.2) is 4.99 Å². The number of hydrogen-bond donors (Lipinski definition) is 1. The summed E-state index contributed by atoms with van der Waals surface area (Å²) < 4.78 is 0. The van der Waals surface area contributed by atoms with Crippen LogP contribution < -0.4 is 5.32 Å². The molecule has 1 atom stereocenters. The van der Waals surface area contributed by atoms with E-state index in [4.69, 9.17) is 4.99 Å². The summed E-state index contributed by atoms with van der Waals surface area (Å²) in [4.78, 5) is 12.1. The maximum atomic E-state index is 4.84. The molecule has 130 valence electrons. The van der Waals surface area contributed by atoms with Gasteiger partial charge in [0.1, 0.15) is 0 Å². The Morgan fingerprint density at radius 3 is 2.50 bits per heavy atom. The number of aliphatic imine (C=N–C) groups is 1. The molecule has 1 unspecified atom stereocenters. The predicted molar refractivity (Wildman–Crippen MR) is 96.6 cm³/mol. The fourth-order valence-corrected chi connectivity index (χ4v) is 2.74. The molecule has 5 heteroatoms. The summed E-state index contributed by atoms with van der Waals surface area (Å²) >= 11 is 0. The highest BCUT2D eigenvalue weighted by atomic mass is 15.3. The van der Waals surface area contributed by atoms with E-state index in [0.29, 0.717) is 5.92 Å². The Labute approximate surface area is 137 Å². The molecule has 1 heterocycles. The molecule has 1 N–H and O–H groups in total. The highest BCUT2D eigenvalue weighted by Gasteiger charge is 2.16. The second kappa shape index (κ2) is 10.8. The van der Waals surface area contributed by atoms with Crippen LogP contribution in [0.1, 0.15) is 33.6 Å². The minimum Gasteiger partial charge on any atom is -0.357 e. The second-order valence-electron chi connectivity index (χ2n) is 6.68. The first-order chi connectivity index (χ1) is 10.6. The number of nitrogens with one attached hydrogen (secondary N) is 1. The Balaban J connectivity index is 2.40. The van der Waals surface area contributed by atoms with Crippen LogP contribution >= 0.6 is 0 Å². The number of piperazine rings is 1. The van der Waals surface area contributed by atoms with E-state index >= 15 is 0 Å². The van der Waals surface area contributed by atoms with Crippen molar-refractivity contribution in [1.82, 2.24) is 20.0 Å². The van der Waals surface area contributed by atoms with E-state index in [1.807, 2.05) is 0 Å². The van der Waals surface area contributed by atoms with Gasteiger partial charge in [0.05, 0.1) is 0 Å². The average Bonchev–Trinajstić information content (AvgIpc) is 2.51. The van der Waals surface area contributed by atoms with E-state index in [1.165, 1.54) is 39.0 Å². The molecule has 0 saturated carbocycles. The quantitative estimate of drug-likeness (QED) is 0.545. The van der Waals surface area contributed by atoms with Gasteiger partial charge in [-0.25, -0.2) is 0 Å². The summed E-state index contributed by atoms with van der Waals surface area (Å²) in [7, 11) is 4.35. The van der Waals surface area contributed by atoms with E-state index in [0.717, 1.165) is 32.1 Å². The molecule has 0 radical (unpaired) electrons. The number of likely N-dealkylation sites (N-methyl/N-ethyl adjacent to an activating group) is 1. The van der Waals surface area contributed by atoms with E-state index in [1.54, 1.807) is 0 Å². The maximum Gasteiger partial charge on any atom is 0.193 e. The van der Waals surface area contributed by atoms with Crippen molar-refractivity contribution in [2.75, 3.05) is 66.5 Å². The fourth-order valence-electron chi connectivity index (χ4n) is 2.74. The Hall–Kier alpha value is -0.810. The lowest BCUT2D eigenvalue weighted by Crippen LogP contribution is -2.46. The maximum absolute atomic E-state index is 4.84. The van der Waals surface area contributed by atoms with Gasteiger partial charge in [-0.05, 0) is 26.3 Å².